The molecule has 1 aromatic heterocycles. The van der Waals surface area contributed by atoms with Crippen molar-refractivity contribution in [1.29, 1.82) is 0 Å². The van der Waals surface area contributed by atoms with Crippen molar-refractivity contribution in [2.24, 2.45) is 5.92 Å². The summed E-state index contributed by atoms with van der Waals surface area (Å²) in [6, 6.07) is 19.2. The number of hydrogen-bond donors (Lipinski definition) is 0. The second kappa shape index (κ2) is 7.34. The van der Waals surface area contributed by atoms with Gasteiger partial charge in [-0.25, -0.2) is 0 Å². The van der Waals surface area contributed by atoms with Crippen LogP contribution in [0.2, 0.25) is 0 Å². The van der Waals surface area contributed by atoms with Crippen molar-refractivity contribution in [2.45, 2.75) is 25.6 Å². The Morgan fingerprint density at radius 2 is 1.75 bits per heavy atom. The number of carbonyl (C=O) groups excluding carboxylic acids is 1. The summed E-state index contributed by atoms with van der Waals surface area (Å²) in [6.07, 6.45) is -3.81. The van der Waals surface area contributed by atoms with E-state index in [0.717, 1.165) is 16.5 Å². The van der Waals surface area contributed by atoms with E-state index in [-0.39, 0.29) is 18.9 Å². The average molecular weight is 386 g/mol. The average Bonchev–Trinajstić information content (AvgIpc) is 3.06. The molecule has 0 bridgehead atoms. The van der Waals surface area contributed by atoms with Gasteiger partial charge in [-0.1, -0.05) is 48.5 Å². The standard InChI is InChI=1S/C22H21F3N2O/c23-22(24,25)18-10-6-12-26(15-18)21(28)20-13-17-9-4-5-11-19(17)27(20)14-16-7-2-1-3-8-16/h1-5,7-9,11,13,18H,6,10,12,14-15H2. The van der Waals surface area contributed by atoms with Crippen molar-refractivity contribution in [3.63, 3.8) is 0 Å². The fraction of sp³-hybridized carbons (Fsp3) is 0.318. The van der Waals surface area contributed by atoms with E-state index in [1.165, 1.54) is 4.90 Å². The van der Waals surface area contributed by atoms with Crippen molar-refractivity contribution in [1.82, 2.24) is 9.47 Å². The molecule has 0 aliphatic carbocycles. The molecule has 2 heterocycles. The second-order valence-corrected chi connectivity index (χ2v) is 7.29. The summed E-state index contributed by atoms with van der Waals surface area (Å²) in [5.41, 5.74) is 2.37. The highest BCUT2D eigenvalue weighted by Crippen LogP contribution is 2.34. The lowest BCUT2D eigenvalue weighted by molar-refractivity contribution is -0.184. The molecule has 1 aliphatic heterocycles. The molecule has 0 radical (unpaired) electrons. The first-order valence-electron chi connectivity index (χ1n) is 9.41. The third-order valence-corrected chi connectivity index (χ3v) is 5.38. The Hall–Kier alpha value is -2.76. The van der Waals surface area contributed by atoms with Gasteiger partial charge in [-0.2, -0.15) is 13.2 Å². The second-order valence-electron chi connectivity index (χ2n) is 7.29. The van der Waals surface area contributed by atoms with Crippen LogP contribution in [0.5, 0.6) is 0 Å². The molecule has 0 N–H and O–H groups in total. The van der Waals surface area contributed by atoms with E-state index < -0.39 is 12.1 Å². The molecule has 1 saturated heterocycles. The predicted molar refractivity (Wildman–Crippen MR) is 102 cm³/mol. The zero-order valence-electron chi connectivity index (χ0n) is 15.3. The normalized spacial score (nSPS) is 17.8. The molecule has 1 unspecified atom stereocenters. The highest BCUT2D eigenvalue weighted by molar-refractivity contribution is 5.99. The molecule has 146 valence electrons. The lowest BCUT2D eigenvalue weighted by Crippen LogP contribution is -2.45. The minimum Gasteiger partial charge on any atom is -0.337 e. The van der Waals surface area contributed by atoms with Crippen LogP contribution in [0.3, 0.4) is 0 Å². The number of nitrogens with zero attached hydrogens (tertiary/aromatic N) is 2. The molecule has 1 aliphatic rings. The van der Waals surface area contributed by atoms with Crippen LogP contribution < -0.4 is 0 Å². The van der Waals surface area contributed by atoms with Gasteiger partial charge >= 0.3 is 6.18 Å². The molecular weight excluding hydrogens is 365 g/mol. The lowest BCUT2D eigenvalue weighted by Gasteiger charge is -2.34. The highest BCUT2D eigenvalue weighted by atomic mass is 19.4. The first-order valence-corrected chi connectivity index (χ1v) is 9.41. The van der Waals surface area contributed by atoms with E-state index in [9.17, 15) is 18.0 Å². The third-order valence-electron chi connectivity index (χ3n) is 5.38. The molecule has 3 aromatic rings. The Bertz CT molecular complexity index is 978. The molecule has 1 fully saturated rings. The van der Waals surface area contributed by atoms with Crippen LogP contribution in [0.1, 0.15) is 28.9 Å². The Morgan fingerprint density at radius 1 is 1.04 bits per heavy atom. The Morgan fingerprint density at radius 3 is 2.50 bits per heavy atom. The number of carbonyl (C=O) groups is 1. The Balaban J connectivity index is 1.69. The molecule has 1 amide bonds. The number of fused-ring (bicyclic) bond motifs is 1. The van der Waals surface area contributed by atoms with Crippen molar-refractivity contribution in [3.8, 4) is 0 Å². The maximum Gasteiger partial charge on any atom is 0.393 e. The molecule has 28 heavy (non-hydrogen) atoms. The summed E-state index contributed by atoms with van der Waals surface area (Å²) < 4.78 is 41.4. The SMILES string of the molecule is O=C(c1cc2ccccc2n1Cc1ccccc1)N1CCCC(C(F)(F)F)C1. The predicted octanol–water partition coefficient (Wildman–Crippen LogP) is 5.10. The topological polar surface area (TPSA) is 25.2 Å². The molecule has 4 rings (SSSR count). The van der Waals surface area contributed by atoms with E-state index in [4.69, 9.17) is 0 Å². The van der Waals surface area contributed by atoms with Crippen LogP contribution in [0.15, 0.2) is 60.7 Å². The number of benzene rings is 2. The summed E-state index contributed by atoms with van der Waals surface area (Å²) in [5, 5.41) is 0.908. The number of hydrogen-bond acceptors (Lipinski definition) is 1. The van der Waals surface area contributed by atoms with Crippen LogP contribution in [-0.4, -0.2) is 34.6 Å². The zero-order chi connectivity index (χ0) is 19.7. The number of para-hydroxylation sites is 1. The smallest absolute Gasteiger partial charge is 0.337 e. The van der Waals surface area contributed by atoms with Crippen molar-refractivity contribution in [3.05, 3.63) is 71.9 Å². The van der Waals surface area contributed by atoms with Crippen LogP contribution in [0, 0.1) is 5.92 Å². The van der Waals surface area contributed by atoms with Crippen LogP contribution in [0.25, 0.3) is 10.9 Å². The maximum atomic E-state index is 13.2. The number of likely N-dealkylation sites (tertiary alicyclic amines) is 1. The summed E-state index contributed by atoms with van der Waals surface area (Å²) >= 11 is 0. The number of piperidine rings is 1. The van der Waals surface area contributed by atoms with E-state index in [0.29, 0.717) is 25.2 Å². The van der Waals surface area contributed by atoms with E-state index in [1.54, 1.807) is 6.07 Å². The number of halogens is 3. The molecule has 2 aromatic carbocycles. The molecular formula is C22H21F3N2O. The number of alkyl halides is 3. The monoisotopic (exact) mass is 386 g/mol. The third kappa shape index (κ3) is 3.63. The summed E-state index contributed by atoms with van der Waals surface area (Å²) in [6.45, 7) is 0.583. The Kier molecular flexibility index (Phi) is 4.87. The van der Waals surface area contributed by atoms with Crippen molar-refractivity contribution >= 4 is 16.8 Å². The van der Waals surface area contributed by atoms with Crippen LogP contribution >= 0.6 is 0 Å². The summed E-state index contributed by atoms with van der Waals surface area (Å²) in [7, 11) is 0. The van der Waals surface area contributed by atoms with E-state index >= 15 is 0 Å². The number of aromatic nitrogens is 1. The van der Waals surface area contributed by atoms with Gasteiger partial charge in [-0.3, -0.25) is 4.79 Å². The summed E-state index contributed by atoms with van der Waals surface area (Å²) in [5.74, 6) is -1.78. The van der Waals surface area contributed by atoms with Crippen LogP contribution in [-0.2, 0) is 6.54 Å². The number of amides is 1. The largest absolute Gasteiger partial charge is 0.393 e. The fourth-order valence-electron chi connectivity index (χ4n) is 3.91. The van der Waals surface area contributed by atoms with Gasteiger partial charge in [-0.05, 0) is 30.5 Å². The first kappa shape index (κ1) is 18.6. The molecule has 3 nitrogen and oxygen atoms in total. The highest BCUT2D eigenvalue weighted by Gasteiger charge is 2.43. The fourth-order valence-corrected chi connectivity index (χ4v) is 3.91. The first-order chi connectivity index (χ1) is 13.4. The maximum absolute atomic E-state index is 13.2. The lowest BCUT2D eigenvalue weighted by atomic mass is 9.97. The van der Waals surface area contributed by atoms with Gasteiger partial charge in [0, 0.05) is 30.5 Å². The zero-order valence-corrected chi connectivity index (χ0v) is 15.3. The van der Waals surface area contributed by atoms with Gasteiger partial charge in [0.05, 0.1) is 5.92 Å². The number of rotatable bonds is 3. The van der Waals surface area contributed by atoms with E-state index in [2.05, 4.69) is 0 Å². The van der Waals surface area contributed by atoms with Gasteiger partial charge in [-0.15, -0.1) is 0 Å². The minimum atomic E-state index is -4.27. The molecule has 6 heteroatoms. The Labute approximate surface area is 161 Å². The van der Waals surface area contributed by atoms with Gasteiger partial charge in [0.1, 0.15) is 5.69 Å². The van der Waals surface area contributed by atoms with Gasteiger partial charge in [0.25, 0.3) is 5.91 Å². The summed E-state index contributed by atoms with van der Waals surface area (Å²) in [4.78, 5) is 14.5. The molecule has 1 atom stereocenters. The van der Waals surface area contributed by atoms with Crippen molar-refractivity contribution < 1.29 is 18.0 Å². The minimum absolute atomic E-state index is 0.0836. The van der Waals surface area contributed by atoms with Gasteiger partial charge in [0.15, 0.2) is 0 Å². The van der Waals surface area contributed by atoms with Gasteiger partial charge < -0.3 is 9.47 Å². The quantitative estimate of drug-likeness (QED) is 0.615. The van der Waals surface area contributed by atoms with Gasteiger partial charge in [0.2, 0.25) is 0 Å². The van der Waals surface area contributed by atoms with Crippen molar-refractivity contribution in [2.75, 3.05) is 13.1 Å². The van der Waals surface area contributed by atoms with E-state index in [1.807, 2.05) is 59.2 Å². The molecule has 0 saturated carbocycles. The molecule has 0 spiro atoms. The van der Waals surface area contributed by atoms with Crippen LogP contribution in [0.4, 0.5) is 13.2 Å².